The minimum Gasteiger partial charge on any atom is -0.291 e. The van der Waals surface area contributed by atoms with Gasteiger partial charge in [0.05, 0.1) is 29.1 Å². The topological polar surface area (TPSA) is 84.2 Å². The van der Waals surface area contributed by atoms with Gasteiger partial charge in [-0.1, -0.05) is 25.1 Å². The molecule has 1 aromatic carbocycles. The van der Waals surface area contributed by atoms with Gasteiger partial charge in [-0.05, 0) is 53.6 Å². The summed E-state index contributed by atoms with van der Waals surface area (Å²) in [6.45, 7) is 3.54. The fraction of sp³-hybridized carbons (Fsp3) is 0.409. The zero-order chi connectivity index (χ0) is 21.4. The number of carbonyl (C=O) groups is 2. The molecule has 31 heavy (non-hydrogen) atoms. The Morgan fingerprint density at radius 3 is 2.55 bits per heavy atom. The van der Waals surface area contributed by atoms with E-state index in [4.69, 9.17) is 0 Å². The van der Waals surface area contributed by atoms with Gasteiger partial charge in [0.25, 0.3) is 5.91 Å². The fourth-order valence-electron chi connectivity index (χ4n) is 4.37. The second-order valence-electron chi connectivity index (χ2n) is 7.99. The van der Waals surface area contributed by atoms with Crippen molar-refractivity contribution in [2.24, 2.45) is 0 Å². The summed E-state index contributed by atoms with van der Waals surface area (Å²) in [5.41, 5.74) is 1.85. The number of nitrogens with zero attached hydrogens (tertiary/aromatic N) is 6. The molecule has 8 nitrogen and oxygen atoms in total. The van der Waals surface area contributed by atoms with E-state index in [2.05, 4.69) is 27.2 Å². The molecule has 2 saturated heterocycles. The van der Waals surface area contributed by atoms with Crippen molar-refractivity contribution >= 4 is 28.8 Å². The van der Waals surface area contributed by atoms with Gasteiger partial charge in [0.1, 0.15) is 0 Å². The number of aromatic nitrogens is 4. The predicted octanol–water partition coefficient (Wildman–Crippen LogP) is 2.93. The molecule has 2 fully saturated rings. The van der Waals surface area contributed by atoms with Gasteiger partial charge in [-0.2, -0.15) is 4.80 Å². The normalized spacial score (nSPS) is 20.7. The molecule has 160 valence electrons. The maximum atomic E-state index is 13.1. The maximum Gasteiger partial charge on any atom is 0.251 e. The summed E-state index contributed by atoms with van der Waals surface area (Å²) in [6, 6.07) is 11.4. The molecule has 0 aliphatic carbocycles. The van der Waals surface area contributed by atoms with Crippen molar-refractivity contribution in [2.45, 2.75) is 44.7 Å². The summed E-state index contributed by atoms with van der Waals surface area (Å²) in [6.07, 6.45) is 2.81. The molecule has 0 radical (unpaired) electrons. The number of amides is 2. The molecule has 0 bridgehead atoms. The third kappa shape index (κ3) is 3.79. The van der Waals surface area contributed by atoms with E-state index in [-0.39, 0.29) is 30.3 Å². The molecule has 2 aromatic heterocycles. The van der Waals surface area contributed by atoms with Gasteiger partial charge in [-0.25, -0.2) is 4.90 Å². The van der Waals surface area contributed by atoms with Gasteiger partial charge in [0, 0.05) is 13.1 Å². The van der Waals surface area contributed by atoms with Crippen molar-refractivity contribution in [3.63, 3.8) is 0 Å². The van der Waals surface area contributed by atoms with Crippen molar-refractivity contribution in [2.75, 3.05) is 18.0 Å². The van der Waals surface area contributed by atoms with Gasteiger partial charge in [0.2, 0.25) is 11.7 Å². The van der Waals surface area contributed by atoms with Crippen LogP contribution in [-0.2, 0) is 16.0 Å². The Morgan fingerprint density at radius 1 is 1.10 bits per heavy atom. The monoisotopic (exact) mass is 436 g/mol. The average Bonchev–Trinajstić information content (AvgIpc) is 3.55. The Kier molecular flexibility index (Phi) is 5.37. The van der Waals surface area contributed by atoms with Crippen molar-refractivity contribution in [1.29, 1.82) is 0 Å². The second-order valence-corrected chi connectivity index (χ2v) is 8.93. The molecule has 0 N–H and O–H groups in total. The summed E-state index contributed by atoms with van der Waals surface area (Å²) in [5, 5.41) is 15.0. The Hall–Kier alpha value is -2.91. The molecule has 3 aromatic rings. The van der Waals surface area contributed by atoms with Crippen LogP contribution in [0.3, 0.4) is 0 Å². The van der Waals surface area contributed by atoms with E-state index in [9.17, 15) is 9.59 Å². The third-order valence-corrected chi connectivity index (χ3v) is 7.03. The standard InChI is InChI=1S/C22H24N6O2S/c1-2-15-5-7-16(8-6-15)27-20(29)14-18(22(27)30)26-11-9-17(10-12-26)28-24-21(23-25-28)19-4-3-13-31-19/h3-8,13,17-18H,2,9-12,14H2,1H3. The molecule has 2 aliphatic heterocycles. The van der Waals surface area contributed by atoms with Crippen LogP contribution in [0.1, 0.15) is 37.8 Å². The summed E-state index contributed by atoms with van der Waals surface area (Å²) in [4.78, 5) is 31.9. The minimum atomic E-state index is -0.385. The number of aryl methyl sites for hydroxylation is 1. The highest BCUT2D eigenvalue weighted by Crippen LogP contribution is 2.30. The summed E-state index contributed by atoms with van der Waals surface area (Å²) < 4.78 is 0. The molecule has 0 spiro atoms. The number of tetrazole rings is 1. The SMILES string of the molecule is CCc1ccc(N2C(=O)CC(N3CCC(n4nnc(-c5cccs5)n4)CC3)C2=O)cc1. The largest absolute Gasteiger partial charge is 0.291 e. The molecule has 4 heterocycles. The first-order valence-corrected chi connectivity index (χ1v) is 11.5. The number of thiophene rings is 1. The molecule has 2 aliphatic rings. The van der Waals surface area contributed by atoms with Crippen LogP contribution in [0.4, 0.5) is 5.69 Å². The minimum absolute atomic E-state index is 0.119. The first-order valence-electron chi connectivity index (χ1n) is 10.7. The van der Waals surface area contributed by atoms with Gasteiger partial charge >= 0.3 is 0 Å². The van der Waals surface area contributed by atoms with E-state index in [0.29, 0.717) is 11.5 Å². The second kappa shape index (κ2) is 8.32. The fourth-order valence-corrected chi connectivity index (χ4v) is 5.01. The lowest BCUT2D eigenvalue weighted by atomic mass is 10.0. The molecule has 9 heteroatoms. The van der Waals surface area contributed by atoms with Gasteiger partial charge in [-0.3, -0.25) is 14.5 Å². The maximum absolute atomic E-state index is 13.1. The first-order chi connectivity index (χ1) is 15.1. The number of carbonyl (C=O) groups excluding carboxylic acids is 2. The highest BCUT2D eigenvalue weighted by atomic mass is 32.1. The van der Waals surface area contributed by atoms with E-state index < -0.39 is 0 Å². The van der Waals surface area contributed by atoms with Crippen LogP contribution >= 0.6 is 11.3 Å². The molecular weight excluding hydrogens is 412 g/mol. The first kappa shape index (κ1) is 20.0. The zero-order valence-electron chi connectivity index (χ0n) is 17.3. The highest BCUT2D eigenvalue weighted by molar-refractivity contribution is 7.13. The number of imide groups is 1. The number of hydrogen-bond donors (Lipinski definition) is 0. The summed E-state index contributed by atoms with van der Waals surface area (Å²) >= 11 is 1.59. The summed E-state index contributed by atoms with van der Waals surface area (Å²) in [7, 11) is 0. The number of likely N-dealkylation sites (tertiary alicyclic amines) is 1. The number of piperidine rings is 1. The number of hydrogen-bond acceptors (Lipinski definition) is 7. The third-order valence-electron chi connectivity index (χ3n) is 6.16. The van der Waals surface area contributed by atoms with Crippen LogP contribution in [0.2, 0.25) is 0 Å². The molecule has 1 atom stereocenters. The smallest absolute Gasteiger partial charge is 0.251 e. The van der Waals surface area contributed by atoms with E-state index in [1.807, 2.05) is 41.8 Å². The van der Waals surface area contributed by atoms with Crippen molar-refractivity contribution < 1.29 is 9.59 Å². The molecule has 0 saturated carbocycles. The zero-order valence-corrected chi connectivity index (χ0v) is 18.2. The average molecular weight is 437 g/mol. The van der Waals surface area contributed by atoms with Crippen LogP contribution in [0, 0.1) is 0 Å². The van der Waals surface area contributed by atoms with Gasteiger partial charge in [0.15, 0.2) is 0 Å². The van der Waals surface area contributed by atoms with Crippen LogP contribution in [0.15, 0.2) is 41.8 Å². The number of rotatable bonds is 5. The Morgan fingerprint density at radius 2 is 1.87 bits per heavy atom. The molecule has 1 unspecified atom stereocenters. The Bertz CT molecular complexity index is 1070. The molecular formula is C22H24N6O2S. The molecule has 2 amide bonds. The van der Waals surface area contributed by atoms with E-state index in [0.717, 1.165) is 37.2 Å². The van der Waals surface area contributed by atoms with Gasteiger partial charge < -0.3 is 0 Å². The lowest BCUT2D eigenvalue weighted by molar-refractivity contribution is -0.123. The highest BCUT2D eigenvalue weighted by Gasteiger charge is 2.43. The van der Waals surface area contributed by atoms with E-state index >= 15 is 0 Å². The summed E-state index contributed by atoms with van der Waals surface area (Å²) in [5.74, 6) is 0.408. The van der Waals surface area contributed by atoms with E-state index in [1.165, 1.54) is 10.5 Å². The predicted molar refractivity (Wildman–Crippen MR) is 118 cm³/mol. The van der Waals surface area contributed by atoms with Gasteiger partial charge in [-0.15, -0.1) is 21.5 Å². The number of benzene rings is 1. The van der Waals surface area contributed by atoms with Crippen LogP contribution in [0.5, 0.6) is 0 Å². The lowest BCUT2D eigenvalue weighted by Gasteiger charge is -2.34. The lowest BCUT2D eigenvalue weighted by Crippen LogP contribution is -2.46. The molecule has 5 rings (SSSR count). The van der Waals surface area contributed by atoms with Crippen LogP contribution < -0.4 is 4.90 Å². The Labute approximate surface area is 184 Å². The van der Waals surface area contributed by atoms with E-state index in [1.54, 1.807) is 16.1 Å². The van der Waals surface area contributed by atoms with Crippen LogP contribution in [0.25, 0.3) is 10.7 Å². The van der Waals surface area contributed by atoms with Crippen molar-refractivity contribution in [3.05, 3.63) is 47.3 Å². The number of anilines is 1. The Balaban J connectivity index is 1.23. The van der Waals surface area contributed by atoms with Crippen molar-refractivity contribution in [3.8, 4) is 10.7 Å². The quantitative estimate of drug-likeness (QED) is 0.572. The van der Waals surface area contributed by atoms with Crippen molar-refractivity contribution in [1.82, 2.24) is 25.1 Å². The van der Waals surface area contributed by atoms with Crippen LogP contribution in [-0.4, -0.2) is 56.1 Å².